The van der Waals surface area contributed by atoms with Gasteiger partial charge in [0, 0.05) is 17.8 Å². The quantitative estimate of drug-likeness (QED) is 0.384. The third-order valence-corrected chi connectivity index (χ3v) is 6.34. The Morgan fingerprint density at radius 1 is 1.48 bits per heavy atom. The van der Waals surface area contributed by atoms with E-state index in [0.29, 0.717) is 25.7 Å². The highest BCUT2D eigenvalue weighted by molar-refractivity contribution is 5.82. The molecule has 3 rings (SSSR count). The summed E-state index contributed by atoms with van der Waals surface area (Å²) >= 11 is 0. The Bertz CT molecular complexity index is 492. The van der Waals surface area contributed by atoms with Crippen molar-refractivity contribution in [2.24, 2.45) is 16.7 Å². The van der Waals surface area contributed by atoms with Gasteiger partial charge in [0.05, 0.1) is 0 Å². The van der Waals surface area contributed by atoms with Crippen molar-refractivity contribution in [2.75, 3.05) is 0 Å². The molecule has 7 unspecified atom stereocenters. The normalized spacial score (nSPS) is 50.2. The molecule has 1 aliphatic heterocycles. The van der Waals surface area contributed by atoms with Crippen molar-refractivity contribution in [1.82, 2.24) is 0 Å². The van der Waals surface area contributed by atoms with Crippen LogP contribution in [0.2, 0.25) is 0 Å². The van der Waals surface area contributed by atoms with Crippen molar-refractivity contribution in [1.29, 1.82) is 0 Å². The van der Waals surface area contributed by atoms with Crippen molar-refractivity contribution in [3.8, 4) is 0 Å². The molecule has 0 aromatic carbocycles. The third kappa shape index (κ3) is 1.64. The van der Waals surface area contributed by atoms with Crippen LogP contribution >= 0.6 is 0 Å². The molecule has 6 nitrogen and oxygen atoms in total. The lowest BCUT2D eigenvalue weighted by atomic mass is 9.62. The van der Waals surface area contributed by atoms with Gasteiger partial charge in [-0.25, -0.2) is 10.4 Å². The molecule has 3 fully saturated rings. The maximum atomic E-state index is 12.6. The fourth-order valence-electron chi connectivity index (χ4n) is 5.04. The molecule has 21 heavy (non-hydrogen) atoms. The number of carbonyl (C=O) groups is 1. The van der Waals surface area contributed by atoms with Gasteiger partial charge in [-0.05, 0) is 26.2 Å². The largest absolute Gasteiger partial charge is 0.600 e. The van der Waals surface area contributed by atoms with E-state index >= 15 is 0 Å². The molecule has 1 spiro atoms. The van der Waals surface area contributed by atoms with Crippen LogP contribution in [0.15, 0.2) is 12.2 Å². The van der Waals surface area contributed by atoms with Gasteiger partial charge in [0.2, 0.25) is 0 Å². The topological polar surface area (TPSA) is 94.3 Å². The average Bonchev–Trinajstić information content (AvgIpc) is 2.78. The smallest absolute Gasteiger partial charge is 0.316 e. The van der Waals surface area contributed by atoms with Gasteiger partial charge in [0.15, 0.2) is 0 Å². The Labute approximate surface area is 123 Å². The summed E-state index contributed by atoms with van der Waals surface area (Å²) in [5, 5.41) is 31.1. The third-order valence-electron chi connectivity index (χ3n) is 6.34. The highest BCUT2D eigenvalue weighted by Gasteiger charge is 2.74. The lowest BCUT2D eigenvalue weighted by molar-refractivity contribution is -1.07. The lowest BCUT2D eigenvalue weighted by Gasteiger charge is -2.42. The number of nitrogens with one attached hydrogen (secondary N) is 1. The fourth-order valence-corrected chi connectivity index (χ4v) is 5.04. The molecule has 2 saturated carbocycles. The van der Waals surface area contributed by atoms with Crippen LogP contribution < -0.4 is 5.23 Å². The van der Waals surface area contributed by atoms with E-state index in [1.807, 2.05) is 13.8 Å². The first-order chi connectivity index (χ1) is 9.75. The van der Waals surface area contributed by atoms with Crippen LogP contribution in [0.4, 0.5) is 0 Å². The Morgan fingerprint density at radius 3 is 2.71 bits per heavy atom. The van der Waals surface area contributed by atoms with E-state index in [-0.39, 0.29) is 5.92 Å². The number of carbonyl (C=O) groups excluding carboxylic acids is 1. The van der Waals surface area contributed by atoms with Crippen molar-refractivity contribution in [2.45, 2.75) is 57.8 Å². The molecule has 7 atom stereocenters. The Balaban J connectivity index is 2.11. The number of rotatable bonds is 2. The van der Waals surface area contributed by atoms with Gasteiger partial charge >= 0.3 is 5.97 Å². The van der Waals surface area contributed by atoms with Gasteiger partial charge in [-0.15, -0.1) is 0 Å². The van der Waals surface area contributed by atoms with E-state index in [1.54, 1.807) is 0 Å². The van der Waals surface area contributed by atoms with E-state index in [4.69, 9.17) is 4.74 Å². The van der Waals surface area contributed by atoms with E-state index in [9.17, 15) is 20.3 Å². The molecule has 2 aliphatic carbocycles. The van der Waals surface area contributed by atoms with E-state index in [2.05, 4.69) is 6.58 Å². The molecule has 3 N–H and O–H groups in total. The zero-order valence-electron chi connectivity index (χ0n) is 12.5. The number of quaternary nitrogens is 1. The number of ether oxygens (including phenoxy) is 1. The SMILES string of the molecule is C=C(C)C1CCC2(C)C([NH+]([O-])O)CCC23C(=O)OC1C3O. The van der Waals surface area contributed by atoms with E-state index in [1.165, 1.54) is 0 Å². The fraction of sp³-hybridized carbons (Fsp3) is 0.800. The van der Waals surface area contributed by atoms with E-state index < -0.39 is 40.3 Å². The Hall–Kier alpha value is -0.950. The second-order valence-electron chi connectivity index (χ2n) is 7.12. The maximum absolute atomic E-state index is 12.6. The molecule has 1 heterocycles. The predicted molar refractivity (Wildman–Crippen MR) is 73.1 cm³/mol. The van der Waals surface area contributed by atoms with Crippen LogP contribution in [-0.4, -0.2) is 34.5 Å². The van der Waals surface area contributed by atoms with Gasteiger partial charge in [0.1, 0.15) is 23.7 Å². The summed E-state index contributed by atoms with van der Waals surface area (Å²) in [7, 11) is 0. The number of hydrogen-bond acceptors (Lipinski definition) is 5. The van der Waals surface area contributed by atoms with Crippen molar-refractivity contribution in [3.05, 3.63) is 17.4 Å². The summed E-state index contributed by atoms with van der Waals surface area (Å²) in [6.45, 7) is 7.66. The second kappa shape index (κ2) is 4.52. The molecular weight excluding hydrogens is 274 g/mol. The number of fused-ring (bicyclic) bond motifs is 1. The number of hydroxylamine groups is 2. The average molecular weight is 297 g/mol. The minimum atomic E-state index is -1.06. The molecule has 0 radical (unpaired) electrons. The van der Waals surface area contributed by atoms with Crippen LogP contribution in [0.25, 0.3) is 0 Å². The summed E-state index contributed by atoms with van der Waals surface area (Å²) in [5.74, 6) is -0.516. The summed E-state index contributed by atoms with van der Waals surface area (Å²) in [6, 6.07) is -0.609. The van der Waals surface area contributed by atoms with Crippen molar-refractivity contribution >= 4 is 5.97 Å². The van der Waals surface area contributed by atoms with Crippen LogP contribution in [0.3, 0.4) is 0 Å². The van der Waals surface area contributed by atoms with Crippen LogP contribution in [0.1, 0.15) is 39.5 Å². The minimum absolute atomic E-state index is 0.0970. The second-order valence-corrected chi connectivity index (χ2v) is 7.12. The number of esters is 1. The summed E-state index contributed by atoms with van der Waals surface area (Å²) < 4.78 is 5.51. The van der Waals surface area contributed by atoms with Crippen molar-refractivity contribution in [3.63, 3.8) is 0 Å². The van der Waals surface area contributed by atoms with Gasteiger partial charge in [-0.3, -0.25) is 4.79 Å². The summed E-state index contributed by atoms with van der Waals surface area (Å²) in [5.41, 5.74) is -0.946. The highest BCUT2D eigenvalue weighted by Crippen LogP contribution is 2.63. The van der Waals surface area contributed by atoms with Gasteiger partial charge in [0.25, 0.3) is 0 Å². The highest BCUT2D eigenvalue weighted by atomic mass is 16.8. The summed E-state index contributed by atoms with van der Waals surface area (Å²) in [6.07, 6.45) is 0.590. The molecule has 0 aromatic rings. The number of hydrogen-bond donors (Lipinski definition) is 3. The van der Waals surface area contributed by atoms with Gasteiger partial charge in [-0.2, -0.15) is 0 Å². The number of aliphatic hydroxyl groups is 1. The van der Waals surface area contributed by atoms with Gasteiger partial charge < -0.3 is 15.1 Å². The zero-order valence-corrected chi connectivity index (χ0v) is 12.5. The first kappa shape index (κ1) is 15.0. The molecule has 3 aliphatic rings. The van der Waals surface area contributed by atoms with Crippen LogP contribution in [0.5, 0.6) is 0 Å². The van der Waals surface area contributed by atoms with E-state index in [0.717, 1.165) is 5.57 Å². The monoisotopic (exact) mass is 297 g/mol. The zero-order chi connectivity index (χ0) is 15.6. The molecule has 2 bridgehead atoms. The molecule has 118 valence electrons. The van der Waals surface area contributed by atoms with Crippen LogP contribution in [-0.2, 0) is 9.53 Å². The number of aliphatic hydroxyl groups excluding tert-OH is 1. The molecular formula is C15H23NO5. The summed E-state index contributed by atoms with van der Waals surface area (Å²) in [4.78, 5) is 12.6. The first-order valence-corrected chi connectivity index (χ1v) is 7.53. The standard InChI is InChI=1S/C15H23NO5/c1-8(2)9-4-6-14(3)10(16(19)20)5-7-15(14)12(17)11(9)21-13(15)18/h9-12,16-17,19H,1,4-7H2,2-3H3. The molecule has 0 aromatic heterocycles. The van der Waals surface area contributed by atoms with Gasteiger partial charge in [-0.1, -0.05) is 19.1 Å². The Morgan fingerprint density at radius 2 is 2.14 bits per heavy atom. The predicted octanol–water partition coefficient (Wildman–Crippen LogP) is 0.186. The van der Waals surface area contributed by atoms with Crippen molar-refractivity contribution < 1.29 is 25.1 Å². The van der Waals surface area contributed by atoms with Crippen LogP contribution in [0, 0.1) is 22.0 Å². The maximum Gasteiger partial charge on any atom is 0.316 e. The molecule has 1 saturated heterocycles. The molecule has 6 heteroatoms. The first-order valence-electron chi connectivity index (χ1n) is 7.53. The lowest BCUT2D eigenvalue weighted by Crippen LogP contribution is -3.10. The molecule has 0 amide bonds. The Kier molecular flexibility index (Phi) is 3.22. The minimum Gasteiger partial charge on any atom is -0.600 e.